The number of benzene rings is 2. The van der Waals surface area contributed by atoms with Crippen LogP contribution >= 0.6 is 11.6 Å². The van der Waals surface area contributed by atoms with E-state index in [2.05, 4.69) is 15.5 Å². The first kappa shape index (κ1) is 19.1. The zero-order valence-electron chi connectivity index (χ0n) is 14.7. The minimum Gasteiger partial charge on any atom is -0.394 e. The van der Waals surface area contributed by atoms with Crippen LogP contribution in [0.15, 0.2) is 48.7 Å². The van der Waals surface area contributed by atoms with Gasteiger partial charge in [-0.3, -0.25) is 9.89 Å². The van der Waals surface area contributed by atoms with Gasteiger partial charge in [-0.2, -0.15) is 5.10 Å². The van der Waals surface area contributed by atoms with E-state index in [1.54, 1.807) is 0 Å². The third-order valence-electron chi connectivity index (χ3n) is 4.21. The lowest BCUT2D eigenvalue weighted by atomic mass is 10.0. The van der Waals surface area contributed by atoms with Crippen LogP contribution < -0.4 is 5.32 Å². The molecule has 7 heteroatoms. The fourth-order valence-electron chi connectivity index (χ4n) is 2.88. The van der Waals surface area contributed by atoms with Crippen LogP contribution in [0.5, 0.6) is 0 Å². The minimum atomic E-state index is -0.538. The van der Waals surface area contributed by atoms with E-state index >= 15 is 0 Å². The molecular weight excluding hydrogens is 369 g/mol. The smallest absolute Gasteiger partial charge is 0.255 e. The molecule has 0 aliphatic rings. The average Bonchev–Trinajstić information content (AvgIpc) is 3.13. The number of aliphatic hydroxyl groups excluding tert-OH is 1. The molecule has 1 unspecified atom stereocenters. The molecule has 1 amide bonds. The molecule has 0 aliphatic carbocycles. The molecule has 27 heavy (non-hydrogen) atoms. The van der Waals surface area contributed by atoms with Crippen molar-refractivity contribution in [1.82, 2.24) is 15.5 Å². The van der Waals surface area contributed by atoms with Crippen LogP contribution in [-0.2, 0) is 6.42 Å². The van der Waals surface area contributed by atoms with Crippen molar-refractivity contribution >= 4 is 17.5 Å². The van der Waals surface area contributed by atoms with E-state index in [9.17, 15) is 14.3 Å². The van der Waals surface area contributed by atoms with Crippen molar-refractivity contribution in [2.75, 3.05) is 6.61 Å². The first-order valence-electron chi connectivity index (χ1n) is 8.44. The summed E-state index contributed by atoms with van der Waals surface area (Å²) in [5.41, 5.74) is 3.40. The molecule has 0 bridgehead atoms. The van der Waals surface area contributed by atoms with E-state index in [0.717, 1.165) is 11.1 Å². The number of carbonyl (C=O) groups is 1. The molecule has 0 radical (unpaired) electrons. The normalized spacial score (nSPS) is 12.0. The lowest BCUT2D eigenvalue weighted by Gasteiger charge is -2.17. The van der Waals surface area contributed by atoms with Crippen LogP contribution in [0.1, 0.15) is 21.5 Å². The summed E-state index contributed by atoms with van der Waals surface area (Å²) < 4.78 is 13.4. The number of hydrogen-bond donors (Lipinski definition) is 3. The lowest BCUT2D eigenvalue weighted by Crippen LogP contribution is -2.39. The van der Waals surface area contributed by atoms with Gasteiger partial charge in [0.2, 0.25) is 0 Å². The van der Waals surface area contributed by atoms with Gasteiger partial charge in [-0.05, 0) is 37.1 Å². The number of hydrogen-bond acceptors (Lipinski definition) is 3. The third kappa shape index (κ3) is 4.53. The number of aromatic nitrogens is 2. The number of aryl methyl sites for hydroxylation is 1. The number of rotatable bonds is 6. The van der Waals surface area contributed by atoms with Crippen molar-refractivity contribution in [2.24, 2.45) is 0 Å². The summed E-state index contributed by atoms with van der Waals surface area (Å²) in [6.07, 6.45) is 1.89. The standard InChI is InChI=1S/C20H19ClFN3O2/c1-12-3-2-4-13(7-12)8-15(11-26)24-20(27)16-10-23-25-19(16)14-5-6-18(22)17(21)9-14/h2-7,9-10,15,26H,8,11H2,1H3,(H,23,25)(H,24,27). The van der Waals surface area contributed by atoms with Gasteiger partial charge in [-0.25, -0.2) is 4.39 Å². The number of nitrogens with zero attached hydrogens (tertiary/aromatic N) is 1. The Morgan fingerprint density at radius 2 is 2.15 bits per heavy atom. The molecule has 5 nitrogen and oxygen atoms in total. The van der Waals surface area contributed by atoms with E-state index in [1.165, 1.54) is 24.4 Å². The maximum absolute atomic E-state index is 13.4. The highest BCUT2D eigenvalue weighted by Crippen LogP contribution is 2.26. The van der Waals surface area contributed by atoms with Crippen LogP contribution in [0.4, 0.5) is 4.39 Å². The fraction of sp³-hybridized carbons (Fsp3) is 0.200. The molecule has 3 aromatic rings. The second kappa shape index (κ2) is 8.33. The van der Waals surface area contributed by atoms with Crippen molar-refractivity contribution in [3.63, 3.8) is 0 Å². The molecule has 0 spiro atoms. The first-order chi connectivity index (χ1) is 13.0. The summed E-state index contributed by atoms with van der Waals surface area (Å²) in [6, 6.07) is 11.6. The number of H-pyrrole nitrogens is 1. The SMILES string of the molecule is Cc1cccc(CC(CO)NC(=O)c2cn[nH]c2-c2ccc(F)c(Cl)c2)c1. The summed E-state index contributed by atoms with van der Waals surface area (Å²) in [5.74, 6) is -0.921. The monoisotopic (exact) mass is 387 g/mol. The van der Waals surface area contributed by atoms with Crippen molar-refractivity contribution in [3.8, 4) is 11.3 Å². The largest absolute Gasteiger partial charge is 0.394 e. The fourth-order valence-corrected chi connectivity index (χ4v) is 3.06. The van der Waals surface area contributed by atoms with Gasteiger partial charge < -0.3 is 10.4 Å². The molecule has 0 aliphatic heterocycles. The Labute approximate surface area is 161 Å². The van der Waals surface area contributed by atoms with Gasteiger partial charge in [0.1, 0.15) is 5.82 Å². The zero-order valence-corrected chi connectivity index (χ0v) is 15.4. The van der Waals surface area contributed by atoms with Gasteiger partial charge in [0, 0.05) is 5.56 Å². The predicted octanol–water partition coefficient (Wildman–Crippen LogP) is 3.51. The maximum Gasteiger partial charge on any atom is 0.255 e. The van der Waals surface area contributed by atoms with Crippen molar-refractivity contribution in [3.05, 3.63) is 76.2 Å². The molecule has 3 N–H and O–H groups in total. The Hall–Kier alpha value is -2.70. The summed E-state index contributed by atoms with van der Waals surface area (Å²) in [7, 11) is 0. The number of carbonyl (C=O) groups excluding carboxylic acids is 1. The minimum absolute atomic E-state index is 0.0406. The van der Waals surface area contributed by atoms with Gasteiger partial charge in [0.25, 0.3) is 5.91 Å². The van der Waals surface area contributed by atoms with E-state index in [1.807, 2.05) is 31.2 Å². The maximum atomic E-state index is 13.4. The molecule has 0 fully saturated rings. The lowest BCUT2D eigenvalue weighted by molar-refractivity contribution is 0.0917. The molecule has 1 atom stereocenters. The average molecular weight is 388 g/mol. The van der Waals surface area contributed by atoms with Crippen molar-refractivity contribution < 1.29 is 14.3 Å². The summed E-state index contributed by atoms with van der Waals surface area (Å²) in [6.45, 7) is 1.79. The Balaban J connectivity index is 1.77. The summed E-state index contributed by atoms with van der Waals surface area (Å²) >= 11 is 5.83. The zero-order chi connectivity index (χ0) is 19.4. The number of halogens is 2. The molecule has 0 saturated carbocycles. The van der Waals surface area contributed by atoms with Crippen LogP contribution in [0.2, 0.25) is 5.02 Å². The Morgan fingerprint density at radius 3 is 2.85 bits per heavy atom. The van der Waals surface area contributed by atoms with Gasteiger partial charge >= 0.3 is 0 Å². The highest BCUT2D eigenvalue weighted by molar-refractivity contribution is 6.31. The Bertz CT molecular complexity index is 958. The summed E-state index contributed by atoms with van der Waals surface area (Å²) in [5, 5.41) is 19.1. The van der Waals surface area contributed by atoms with Crippen molar-refractivity contribution in [1.29, 1.82) is 0 Å². The van der Waals surface area contributed by atoms with Gasteiger partial charge in [-0.15, -0.1) is 0 Å². The predicted molar refractivity (Wildman–Crippen MR) is 102 cm³/mol. The molecular formula is C20H19ClFN3O2. The second-order valence-electron chi connectivity index (χ2n) is 6.33. The Kier molecular flexibility index (Phi) is 5.88. The third-order valence-corrected chi connectivity index (χ3v) is 4.50. The van der Waals surface area contributed by atoms with Gasteiger partial charge in [0.05, 0.1) is 35.1 Å². The van der Waals surface area contributed by atoms with Gasteiger partial charge in [-0.1, -0.05) is 41.4 Å². The topological polar surface area (TPSA) is 78.0 Å². The van der Waals surface area contributed by atoms with Crippen LogP contribution in [-0.4, -0.2) is 33.9 Å². The molecule has 1 heterocycles. The number of aromatic amines is 1. The van der Waals surface area contributed by atoms with Gasteiger partial charge in [0.15, 0.2) is 0 Å². The molecule has 1 aromatic heterocycles. The first-order valence-corrected chi connectivity index (χ1v) is 8.81. The number of nitrogens with one attached hydrogen (secondary N) is 2. The molecule has 0 saturated heterocycles. The highest BCUT2D eigenvalue weighted by atomic mass is 35.5. The van der Waals surface area contributed by atoms with E-state index in [-0.39, 0.29) is 17.5 Å². The Morgan fingerprint density at radius 1 is 1.33 bits per heavy atom. The second-order valence-corrected chi connectivity index (χ2v) is 6.74. The van der Waals surface area contributed by atoms with Crippen LogP contribution in [0.25, 0.3) is 11.3 Å². The van der Waals surface area contributed by atoms with Crippen LogP contribution in [0.3, 0.4) is 0 Å². The number of amides is 1. The van der Waals surface area contributed by atoms with E-state index < -0.39 is 11.9 Å². The molecule has 3 rings (SSSR count). The van der Waals surface area contributed by atoms with Crippen LogP contribution in [0, 0.1) is 12.7 Å². The molecule has 140 valence electrons. The van der Waals surface area contributed by atoms with E-state index in [4.69, 9.17) is 11.6 Å². The highest BCUT2D eigenvalue weighted by Gasteiger charge is 2.19. The van der Waals surface area contributed by atoms with Crippen molar-refractivity contribution in [2.45, 2.75) is 19.4 Å². The van der Waals surface area contributed by atoms with E-state index in [0.29, 0.717) is 23.2 Å². The molecule has 2 aromatic carbocycles. The summed E-state index contributed by atoms with van der Waals surface area (Å²) in [4.78, 5) is 12.7. The quantitative estimate of drug-likeness (QED) is 0.605. The number of aliphatic hydroxyl groups is 1.